The number of thioether (sulfide) groups is 1. The molecule has 72 valence electrons. The van der Waals surface area contributed by atoms with Crippen LogP contribution in [0.4, 0.5) is 0 Å². The number of rotatable bonds is 3. The van der Waals surface area contributed by atoms with E-state index in [4.69, 9.17) is 0 Å². The number of carbonyl (C=O) groups excluding carboxylic acids is 1. The number of β-lactam (4-membered cyclic amide) rings is 1. The smallest absolute Gasteiger partial charge is 0.294 e. The van der Waals surface area contributed by atoms with E-state index in [0.717, 1.165) is 0 Å². The third-order valence-electron chi connectivity index (χ3n) is 2.13. The van der Waals surface area contributed by atoms with Gasteiger partial charge in [0.25, 0.3) is 5.09 Å². The van der Waals surface area contributed by atoms with Crippen LogP contribution in [0.1, 0.15) is 6.42 Å². The molecule has 1 amide bonds. The number of hydrogen-bond acceptors (Lipinski definition) is 5. The molecule has 6 nitrogen and oxygen atoms in total. The van der Waals surface area contributed by atoms with Crippen LogP contribution in [0.3, 0.4) is 0 Å². The van der Waals surface area contributed by atoms with E-state index in [-0.39, 0.29) is 23.1 Å². The molecule has 0 aromatic carbocycles. The van der Waals surface area contributed by atoms with Gasteiger partial charge in [-0.1, -0.05) is 0 Å². The molecule has 2 rings (SSSR count). The van der Waals surface area contributed by atoms with E-state index in [1.165, 1.54) is 0 Å². The van der Waals surface area contributed by atoms with Crippen molar-refractivity contribution < 1.29 is 14.7 Å². The third kappa shape index (κ3) is 1.55. The van der Waals surface area contributed by atoms with Crippen LogP contribution in [0.2, 0.25) is 0 Å². The third-order valence-corrected chi connectivity index (χ3v) is 3.54. The molecule has 7 heteroatoms. The van der Waals surface area contributed by atoms with Gasteiger partial charge in [0.2, 0.25) is 5.91 Å². The fourth-order valence-electron chi connectivity index (χ4n) is 1.49. The highest BCUT2D eigenvalue weighted by atomic mass is 32.2. The monoisotopic (exact) mass is 204 g/mol. The van der Waals surface area contributed by atoms with E-state index >= 15 is 0 Å². The molecule has 2 aliphatic rings. The fraction of sp³-hybridized carbons (Fsp3) is 0.833. The molecule has 2 heterocycles. The van der Waals surface area contributed by atoms with Crippen molar-refractivity contribution in [1.29, 1.82) is 0 Å². The molecular formula is C6H8N2O4S. The van der Waals surface area contributed by atoms with Crippen LogP contribution in [0.15, 0.2) is 0 Å². The largest absolute Gasteiger partial charge is 0.329 e. The summed E-state index contributed by atoms with van der Waals surface area (Å²) in [6.45, 7) is 0.667. The maximum absolute atomic E-state index is 10.9. The Kier molecular flexibility index (Phi) is 2.03. The molecule has 0 N–H and O–H groups in total. The number of amides is 1. The summed E-state index contributed by atoms with van der Waals surface area (Å²) in [6, 6.07) is 0. The zero-order valence-electron chi connectivity index (χ0n) is 6.71. The molecule has 0 spiro atoms. The minimum atomic E-state index is -0.794. The van der Waals surface area contributed by atoms with E-state index in [1.54, 1.807) is 16.7 Å². The molecule has 2 aliphatic heterocycles. The Morgan fingerprint density at radius 3 is 3.08 bits per heavy atom. The van der Waals surface area contributed by atoms with Crippen molar-refractivity contribution in [2.75, 3.05) is 13.2 Å². The Balaban J connectivity index is 1.78. The van der Waals surface area contributed by atoms with Crippen LogP contribution in [-0.2, 0) is 9.63 Å². The lowest BCUT2D eigenvalue weighted by molar-refractivity contribution is -0.757. The topological polar surface area (TPSA) is 72.7 Å². The van der Waals surface area contributed by atoms with E-state index in [2.05, 4.69) is 4.84 Å². The molecule has 0 radical (unpaired) electrons. The van der Waals surface area contributed by atoms with E-state index in [0.29, 0.717) is 13.0 Å². The Morgan fingerprint density at radius 2 is 2.54 bits per heavy atom. The Labute approximate surface area is 78.3 Å². The normalized spacial score (nSPS) is 31.1. The van der Waals surface area contributed by atoms with Crippen molar-refractivity contribution in [3.8, 4) is 0 Å². The van der Waals surface area contributed by atoms with Gasteiger partial charge in [0.15, 0.2) is 0 Å². The molecule has 0 saturated carbocycles. The lowest BCUT2D eigenvalue weighted by Crippen LogP contribution is -2.47. The van der Waals surface area contributed by atoms with Crippen molar-refractivity contribution in [3.05, 3.63) is 10.1 Å². The van der Waals surface area contributed by atoms with Crippen molar-refractivity contribution >= 4 is 17.7 Å². The van der Waals surface area contributed by atoms with E-state index < -0.39 is 5.09 Å². The number of fused-ring (bicyclic) bond motifs is 1. The van der Waals surface area contributed by atoms with Crippen LogP contribution < -0.4 is 0 Å². The number of hydrogen-bond donors (Lipinski definition) is 0. The second-order valence-corrected chi connectivity index (χ2v) is 4.47. The first-order valence-electron chi connectivity index (χ1n) is 3.89. The van der Waals surface area contributed by atoms with Crippen LogP contribution in [0.5, 0.6) is 0 Å². The highest BCUT2D eigenvalue weighted by Crippen LogP contribution is 2.39. The van der Waals surface area contributed by atoms with E-state index in [9.17, 15) is 14.9 Å². The SMILES string of the molecule is O=C1C[C@H]2S[C@@H](CO[N+](=O)[O-])CN12. The first-order valence-corrected chi connectivity index (χ1v) is 4.83. The van der Waals surface area contributed by atoms with E-state index in [1.807, 2.05) is 0 Å². The van der Waals surface area contributed by atoms with Gasteiger partial charge < -0.3 is 9.74 Å². The maximum Gasteiger partial charge on any atom is 0.294 e. The molecule has 0 unspecified atom stereocenters. The predicted molar refractivity (Wildman–Crippen MR) is 44.4 cm³/mol. The van der Waals surface area contributed by atoms with Gasteiger partial charge in [0, 0.05) is 11.8 Å². The van der Waals surface area contributed by atoms with Gasteiger partial charge >= 0.3 is 0 Å². The van der Waals surface area contributed by atoms with Gasteiger partial charge in [-0.05, 0) is 0 Å². The van der Waals surface area contributed by atoms with Gasteiger partial charge in [0.1, 0.15) is 6.61 Å². The van der Waals surface area contributed by atoms with Crippen LogP contribution in [0, 0.1) is 10.1 Å². The van der Waals surface area contributed by atoms with Crippen molar-refractivity contribution in [3.63, 3.8) is 0 Å². The van der Waals surface area contributed by atoms with Crippen LogP contribution in [0.25, 0.3) is 0 Å². The van der Waals surface area contributed by atoms with Gasteiger partial charge in [-0.3, -0.25) is 4.79 Å². The Hall–Kier alpha value is -0.980. The Bertz CT molecular complexity index is 259. The summed E-state index contributed by atoms with van der Waals surface area (Å²) in [7, 11) is 0. The van der Waals surface area contributed by atoms with Crippen LogP contribution >= 0.6 is 11.8 Å². The quantitative estimate of drug-likeness (QED) is 0.363. The Morgan fingerprint density at radius 1 is 1.77 bits per heavy atom. The summed E-state index contributed by atoms with van der Waals surface area (Å²) in [5.74, 6) is 0.140. The molecule has 0 aromatic heterocycles. The van der Waals surface area contributed by atoms with Gasteiger partial charge in [-0.2, -0.15) is 0 Å². The number of nitrogens with zero attached hydrogens (tertiary/aromatic N) is 2. The van der Waals surface area contributed by atoms with Crippen molar-refractivity contribution in [1.82, 2.24) is 4.90 Å². The van der Waals surface area contributed by atoms with Gasteiger partial charge in [0.05, 0.1) is 11.8 Å². The molecule has 0 aliphatic carbocycles. The summed E-state index contributed by atoms with van der Waals surface area (Å²) in [5, 5.41) is 9.40. The molecular weight excluding hydrogens is 196 g/mol. The minimum Gasteiger partial charge on any atom is -0.329 e. The first-order chi connectivity index (χ1) is 6.16. The highest BCUT2D eigenvalue weighted by Gasteiger charge is 2.44. The van der Waals surface area contributed by atoms with Crippen LogP contribution in [-0.4, -0.2) is 39.7 Å². The predicted octanol–water partition coefficient (Wildman–Crippen LogP) is -0.131. The minimum absolute atomic E-state index is 0.0573. The average Bonchev–Trinajstić information content (AvgIpc) is 2.39. The summed E-state index contributed by atoms with van der Waals surface area (Å²) in [6.07, 6.45) is 0.569. The summed E-state index contributed by atoms with van der Waals surface area (Å²) in [5.41, 5.74) is 0. The second kappa shape index (κ2) is 3.06. The average molecular weight is 204 g/mol. The highest BCUT2D eigenvalue weighted by molar-refractivity contribution is 8.00. The molecule has 2 atom stereocenters. The summed E-state index contributed by atoms with van der Waals surface area (Å²) in [4.78, 5) is 26.8. The van der Waals surface area contributed by atoms with Crippen molar-refractivity contribution in [2.45, 2.75) is 17.0 Å². The molecule has 13 heavy (non-hydrogen) atoms. The molecule has 0 aromatic rings. The zero-order chi connectivity index (χ0) is 9.42. The molecule has 0 bridgehead atoms. The summed E-state index contributed by atoms with van der Waals surface area (Å²) < 4.78 is 0. The second-order valence-electron chi connectivity index (χ2n) is 2.98. The summed E-state index contributed by atoms with van der Waals surface area (Å²) >= 11 is 1.58. The lowest BCUT2D eigenvalue weighted by atomic mass is 10.2. The molecule has 2 saturated heterocycles. The first kappa shape index (κ1) is 8.61. The standard InChI is InChI=1S/C6H8N2O4S/c9-5-1-6-7(5)2-4(13-6)3-12-8(10)11/h4,6H,1-3H2/t4-,6-/m1/s1. The maximum atomic E-state index is 10.9. The lowest BCUT2D eigenvalue weighted by Gasteiger charge is -2.32. The fourth-order valence-corrected chi connectivity index (χ4v) is 2.91. The molecule has 2 fully saturated rings. The van der Waals surface area contributed by atoms with Gasteiger partial charge in [-0.15, -0.1) is 21.9 Å². The van der Waals surface area contributed by atoms with Gasteiger partial charge in [-0.25, -0.2) is 0 Å². The zero-order valence-corrected chi connectivity index (χ0v) is 7.53. The number of carbonyl (C=O) groups is 1. The van der Waals surface area contributed by atoms with Crippen molar-refractivity contribution in [2.24, 2.45) is 0 Å².